The van der Waals surface area contributed by atoms with E-state index in [0.717, 1.165) is 46.4 Å². The molecule has 0 saturated carbocycles. The largest absolute Gasteiger partial charge is 0.464 e. The maximum absolute atomic E-state index is 6.39. The lowest BCUT2D eigenvalue weighted by Gasteiger charge is -2.42. The Morgan fingerprint density at radius 3 is 2.22 bits per heavy atom. The summed E-state index contributed by atoms with van der Waals surface area (Å²) in [6.07, 6.45) is 17.2. The standard InChI is InChI=1S/C56H44N2O/c1-35-41-20-12-11-15-36(41)27-28-59-54-33-52-46(31-43(35)54)44-29-37(23-25-50(44)57(52)39-16-7-5-8-17-39)38-24-26-51-45(30-38)47-32-49-42-21-13-14-22-48(42)55(2,3)56(49,4)34-53(47)58(51)40-18-9-6-10-19-40/h5-16,18-33,39H,1,17,34H2,2-4H3/b28-27-. The lowest BCUT2D eigenvalue weighted by molar-refractivity contribution is 0.264. The van der Waals surface area contributed by atoms with Gasteiger partial charge in [0.15, 0.2) is 0 Å². The third-order valence-electron chi connectivity index (χ3n) is 14.4. The van der Waals surface area contributed by atoms with Crippen molar-refractivity contribution < 1.29 is 4.74 Å². The van der Waals surface area contributed by atoms with E-state index < -0.39 is 0 Å². The van der Waals surface area contributed by atoms with Gasteiger partial charge in [0.1, 0.15) is 5.75 Å². The van der Waals surface area contributed by atoms with Gasteiger partial charge < -0.3 is 13.9 Å². The Morgan fingerprint density at radius 2 is 1.41 bits per heavy atom. The van der Waals surface area contributed by atoms with Gasteiger partial charge in [0, 0.05) is 61.1 Å². The molecule has 0 saturated heterocycles. The molecule has 0 N–H and O–H groups in total. The van der Waals surface area contributed by atoms with Crippen molar-refractivity contribution in [3.63, 3.8) is 0 Å². The molecule has 1 aliphatic heterocycles. The van der Waals surface area contributed by atoms with Crippen molar-refractivity contribution in [2.75, 3.05) is 0 Å². The van der Waals surface area contributed by atoms with Crippen LogP contribution in [0, 0.1) is 5.41 Å². The van der Waals surface area contributed by atoms with Crippen LogP contribution in [0.4, 0.5) is 0 Å². The van der Waals surface area contributed by atoms with Gasteiger partial charge in [-0.2, -0.15) is 0 Å². The van der Waals surface area contributed by atoms with E-state index >= 15 is 0 Å². The van der Waals surface area contributed by atoms with E-state index in [0.29, 0.717) is 0 Å². The Balaban J connectivity index is 1.08. The predicted molar refractivity (Wildman–Crippen MR) is 247 cm³/mol. The first-order valence-corrected chi connectivity index (χ1v) is 20.9. The summed E-state index contributed by atoms with van der Waals surface area (Å²) < 4.78 is 11.4. The van der Waals surface area contributed by atoms with Crippen LogP contribution in [-0.2, 0) is 11.8 Å². The van der Waals surface area contributed by atoms with Gasteiger partial charge in [0.05, 0.1) is 23.3 Å². The highest BCUT2D eigenvalue weighted by Crippen LogP contribution is 2.63. The van der Waals surface area contributed by atoms with E-state index in [1.54, 1.807) is 0 Å². The van der Waals surface area contributed by atoms with Crippen molar-refractivity contribution in [3.05, 3.63) is 204 Å². The van der Waals surface area contributed by atoms with E-state index in [9.17, 15) is 0 Å². The molecule has 0 fully saturated rings. The highest BCUT2D eigenvalue weighted by atomic mass is 16.5. The molecule has 3 nitrogen and oxygen atoms in total. The molecule has 284 valence electrons. The molecule has 6 aromatic carbocycles. The maximum Gasteiger partial charge on any atom is 0.136 e. The molecule has 3 aliphatic carbocycles. The fraction of sp³-hybridized carbons (Fsp3) is 0.143. The van der Waals surface area contributed by atoms with Gasteiger partial charge in [0.2, 0.25) is 0 Å². The highest BCUT2D eigenvalue weighted by molar-refractivity contribution is 6.12. The van der Waals surface area contributed by atoms with E-state index in [-0.39, 0.29) is 16.9 Å². The molecule has 3 heteroatoms. The molecular formula is C56H44N2O. The van der Waals surface area contributed by atoms with E-state index in [4.69, 9.17) is 4.74 Å². The van der Waals surface area contributed by atoms with Crippen LogP contribution in [0.2, 0.25) is 0 Å². The maximum atomic E-state index is 6.39. The zero-order valence-electron chi connectivity index (χ0n) is 33.7. The fourth-order valence-electron chi connectivity index (χ4n) is 10.9. The molecule has 8 aromatic rings. The first-order chi connectivity index (χ1) is 28.8. The summed E-state index contributed by atoms with van der Waals surface area (Å²) in [6, 6.07) is 47.4. The van der Waals surface area contributed by atoms with Gasteiger partial charge in [-0.25, -0.2) is 0 Å². The fourth-order valence-corrected chi connectivity index (χ4v) is 10.9. The third kappa shape index (κ3) is 4.76. The first kappa shape index (κ1) is 34.2. The minimum Gasteiger partial charge on any atom is -0.464 e. The van der Waals surface area contributed by atoms with Gasteiger partial charge >= 0.3 is 0 Å². The van der Waals surface area contributed by atoms with Gasteiger partial charge in [-0.05, 0) is 112 Å². The number of para-hydroxylation sites is 1. The normalized spacial score (nSPS) is 20.3. The SMILES string of the molecule is C=C1c2ccccc2/C=C\Oc2cc3c(cc21)c1cc(-c2ccc4c(c2)c2c(n4-c4ccccc4)CC4(C)C(=C2)c2ccccc2C4(C)C)ccc1n3C1C=CC=CC1. The van der Waals surface area contributed by atoms with Crippen molar-refractivity contribution in [2.24, 2.45) is 5.41 Å². The predicted octanol–water partition coefficient (Wildman–Crippen LogP) is 14.3. The molecule has 3 heterocycles. The number of rotatable bonds is 3. The monoisotopic (exact) mass is 760 g/mol. The quantitative estimate of drug-likeness (QED) is 0.175. The van der Waals surface area contributed by atoms with Gasteiger partial charge in [0.25, 0.3) is 0 Å². The Bertz CT molecular complexity index is 3250. The summed E-state index contributed by atoms with van der Waals surface area (Å²) in [5.41, 5.74) is 18.4. The third-order valence-corrected chi connectivity index (χ3v) is 14.4. The zero-order chi connectivity index (χ0) is 39.6. The second-order valence-corrected chi connectivity index (χ2v) is 17.6. The summed E-state index contributed by atoms with van der Waals surface area (Å²) in [5.74, 6) is 0.824. The molecule has 0 bridgehead atoms. The van der Waals surface area contributed by atoms with Crippen LogP contribution in [0.15, 0.2) is 165 Å². The van der Waals surface area contributed by atoms with E-state index in [2.05, 4.69) is 194 Å². The summed E-state index contributed by atoms with van der Waals surface area (Å²) in [6.45, 7) is 12.0. The first-order valence-electron chi connectivity index (χ1n) is 20.9. The molecular weight excluding hydrogens is 717 g/mol. The summed E-state index contributed by atoms with van der Waals surface area (Å²) in [7, 11) is 0. The molecule has 4 aliphatic rings. The summed E-state index contributed by atoms with van der Waals surface area (Å²) in [5, 5.41) is 3.73. The van der Waals surface area contributed by atoms with Crippen LogP contribution in [0.5, 0.6) is 5.75 Å². The number of hydrogen-bond acceptors (Lipinski definition) is 1. The average molecular weight is 761 g/mol. The smallest absolute Gasteiger partial charge is 0.136 e. The zero-order valence-corrected chi connectivity index (χ0v) is 33.7. The van der Waals surface area contributed by atoms with Crippen molar-refractivity contribution in [2.45, 2.75) is 45.1 Å². The van der Waals surface area contributed by atoms with Crippen LogP contribution < -0.4 is 4.74 Å². The summed E-state index contributed by atoms with van der Waals surface area (Å²) >= 11 is 0. The van der Waals surface area contributed by atoms with Crippen molar-refractivity contribution in [3.8, 4) is 22.6 Å². The number of ether oxygens (including phenoxy) is 1. The Morgan fingerprint density at radius 1 is 0.678 bits per heavy atom. The Kier molecular flexibility index (Phi) is 7.15. The van der Waals surface area contributed by atoms with Crippen LogP contribution in [0.1, 0.15) is 72.3 Å². The number of benzene rings is 6. The molecule has 0 radical (unpaired) electrons. The van der Waals surface area contributed by atoms with E-state index in [1.807, 2.05) is 12.3 Å². The van der Waals surface area contributed by atoms with Crippen molar-refractivity contribution in [1.82, 2.24) is 9.13 Å². The number of nitrogens with zero attached hydrogens (tertiary/aromatic N) is 2. The Labute approximate surface area is 345 Å². The van der Waals surface area contributed by atoms with E-state index in [1.165, 1.54) is 72.0 Å². The highest BCUT2D eigenvalue weighted by Gasteiger charge is 2.54. The lowest BCUT2D eigenvalue weighted by Crippen LogP contribution is -2.38. The van der Waals surface area contributed by atoms with Crippen molar-refractivity contribution in [1.29, 1.82) is 0 Å². The molecule has 2 aromatic heterocycles. The van der Waals surface area contributed by atoms with Crippen LogP contribution >= 0.6 is 0 Å². The van der Waals surface area contributed by atoms with Gasteiger partial charge in [-0.15, -0.1) is 0 Å². The summed E-state index contributed by atoms with van der Waals surface area (Å²) in [4.78, 5) is 0. The number of hydrogen-bond donors (Lipinski definition) is 0. The van der Waals surface area contributed by atoms with Crippen molar-refractivity contribution >= 4 is 56.0 Å². The molecule has 2 atom stereocenters. The van der Waals surface area contributed by atoms with Crippen LogP contribution in [-0.4, -0.2) is 9.13 Å². The molecule has 0 amide bonds. The average Bonchev–Trinajstić information content (AvgIpc) is 3.82. The molecule has 2 unspecified atom stereocenters. The lowest BCUT2D eigenvalue weighted by atomic mass is 9.61. The second kappa shape index (κ2) is 12.3. The topological polar surface area (TPSA) is 19.1 Å². The Hall–Kier alpha value is -6.84. The number of allylic oxidation sites excluding steroid dienone is 5. The second-order valence-electron chi connectivity index (χ2n) is 17.6. The molecule has 59 heavy (non-hydrogen) atoms. The molecule has 12 rings (SSSR count). The molecule has 0 spiro atoms. The number of aromatic nitrogens is 2. The minimum absolute atomic E-state index is 0.00921. The van der Waals surface area contributed by atoms with Crippen LogP contribution in [0.25, 0.3) is 72.8 Å². The van der Waals surface area contributed by atoms with Gasteiger partial charge in [-0.1, -0.05) is 131 Å². The van der Waals surface area contributed by atoms with Gasteiger partial charge in [-0.3, -0.25) is 0 Å². The van der Waals surface area contributed by atoms with Crippen LogP contribution in [0.3, 0.4) is 0 Å². The number of fused-ring (bicyclic) bond motifs is 11. The minimum atomic E-state index is -0.0397.